The van der Waals surface area contributed by atoms with Gasteiger partial charge in [0.25, 0.3) is 0 Å². The molecule has 2 fully saturated rings. The van der Waals surface area contributed by atoms with E-state index in [1.165, 1.54) is 56.9 Å². The average Bonchev–Trinajstić information content (AvgIpc) is 2.65. The second kappa shape index (κ2) is 9.74. The maximum atomic E-state index is 6.38. The molecule has 0 radical (unpaired) electrons. The van der Waals surface area contributed by atoms with Gasteiger partial charge >= 0.3 is 58.2 Å². The summed E-state index contributed by atoms with van der Waals surface area (Å²) in [6.07, 6.45) is 16.0. The molecule has 2 saturated carbocycles. The molecule has 1 aromatic carbocycles. The summed E-state index contributed by atoms with van der Waals surface area (Å²) in [6.45, 7) is 0. The smallest absolute Gasteiger partial charge is 0.488 e. The van der Waals surface area contributed by atoms with Crippen LogP contribution in [-0.4, -0.2) is 6.10 Å². The van der Waals surface area contributed by atoms with Crippen molar-refractivity contribution in [3.05, 3.63) is 34.2 Å². The monoisotopic (exact) mass is 450 g/mol. The summed E-state index contributed by atoms with van der Waals surface area (Å²) in [6, 6.07) is 3.95. The molecular formula is C21H27Cl2ORb. The molecule has 0 aromatic heterocycles. The van der Waals surface area contributed by atoms with Gasteiger partial charge in [0.15, 0.2) is 0 Å². The Morgan fingerprint density at radius 1 is 0.840 bits per heavy atom. The number of hydrogen-bond donors (Lipinski definition) is 0. The number of rotatable bonds is 2. The largest absolute Gasteiger partial charge is 1.00 e. The van der Waals surface area contributed by atoms with Crippen molar-refractivity contribution in [2.45, 2.75) is 70.3 Å². The number of halogens is 2. The number of aryl methyl sites for hydroxylation is 1. The fourth-order valence-corrected chi connectivity index (χ4v) is 5.53. The molecule has 1 nitrogen and oxygen atoms in total. The Morgan fingerprint density at radius 3 is 2.20 bits per heavy atom. The second-order valence-electron chi connectivity index (χ2n) is 7.92. The molecule has 25 heavy (non-hydrogen) atoms. The van der Waals surface area contributed by atoms with Crippen LogP contribution in [0.5, 0.6) is 5.75 Å². The van der Waals surface area contributed by atoms with E-state index in [1.54, 1.807) is 0 Å². The van der Waals surface area contributed by atoms with Gasteiger partial charge in [-0.2, -0.15) is 12.8 Å². The second-order valence-corrected chi connectivity index (χ2v) is 8.71. The quantitative estimate of drug-likeness (QED) is 0.620. The van der Waals surface area contributed by atoms with Crippen LogP contribution >= 0.6 is 23.2 Å². The minimum atomic E-state index is 0. The van der Waals surface area contributed by atoms with Gasteiger partial charge in [-0.15, -0.1) is 0 Å². The third kappa shape index (κ3) is 4.88. The SMILES string of the molecule is Clc1ccc2c(c1Cl)OC(C1CCC(C3CC[CH-]CC3)CC1)CC2.[Rb+]. The van der Waals surface area contributed by atoms with Gasteiger partial charge in [0, 0.05) is 0 Å². The summed E-state index contributed by atoms with van der Waals surface area (Å²) in [4.78, 5) is 0. The molecule has 0 bridgehead atoms. The summed E-state index contributed by atoms with van der Waals surface area (Å²) >= 11 is 12.5. The topological polar surface area (TPSA) is 9.23 Å². The van der Waals surface area contributed by atoms with Crippen molar-refractivity contribution >= 4 is 23.2 Å². The van der Waals surface area contributed by atoms with E-state index < -0.39 is 0 Å². The van der Waals surface area contributed by atoms with E-state index in [-0.39, 0.29) is 58.2 Å². The number of fused-ring (bicyclic) bond motifs is 1. The minimum absolute atomic E-state index is 0. The first-order chi connectivity index (χ1) is 11.7. The van der Waals surface area contributed by atoms with Gasteiger partial charge in [-0.05, 0) is 67.9 Å². The van der Waals surface area contributed by atoms with Crippen LogP contribution in [0.4, 0.5) is 0 Å². The van der Waals surface area contributed by atoms with Crippen molar-refractivity contribution in [1.82, 2.24) is 0 Å². The van der Waals surface area contributed by atoms with Crippen LogP contribution in [0.25, 0.3) is 0 Å². The Bertz CT molecular complexity index is 578. The average molecular weight is 452 g/mol. The van der Waals surface area contributed by atoms with Gasteiger partial charge in [0.1, 0.15) is 16.9 Å². The van der Waals surface area contributed by atoms with Crippen molar-refractivity contribution < 1.29 is 62.9 Å². The van der Waals surface area contributed by atoms with Crippen LogP contribution in [0.1, 0.15) is 63.4 Å². The summed E-state index contributed by atoms with van der Waals surface area (Å²) in [5.41, 5.74) is 1.22. The first kappa shape index (κ1) is 21.1. The zero-order valence-electron chi connectivity index (χ0n) is 15.3. The van der Waals surface area contributed by atoms with Crippen LogP contribution in [0.2, 0.25) is 10.0 Å². The predicted octanol–water partition coefficient (Wildman–Crippen LogP) is 3.89. The molecule has 0 N–H and O–H groups in total. The summed E-state index contributed by atoms with van der Waals surface area (Å²) in [5, 5.41) is 1.21. The fraction of sp³-hybridized carbons (Fsp3) is 0.667. The Balaban J connectivity index is 0.00000182. The molecule has 1 aliphatic heterocycles. The maximum Gasteiger partial charge on any atom is 1.00 e. The zero-order chi connectivity index (χ0) is 16.5. The predicted molar refractivity (Wildman–Crippen MR) is 101 cm³/mol. The van der Waals surface area contributed by atoms with Crippen LogP contribution in [0, 0.1) is 24.2 Å². The Labute approximate surface area is 211 Å². The van der Waals surface area contributed by atoms with Crippen LogP contribution in [-0.2, 0) is 6.42 Å². The van der Waals surface area contributed by atoms with Crippen molar-refractivity contribution in [1.29, 1.82) is 0 Å². The molecule has 0 spiro atoms. The van der Waals surface area contributed by atoms with Crippen LogP contribution in [0.15, 0.2) is 12.1 Å². The van der Waals surface area contributed by atoms with Crippen molar-refractivity contribution in [3.8, 4) is 5.75 Å². The fourth-order valence-electron chi connectivity index (χ4n) is 5.15. The number of hydrogen-bond acceptors (Lipinski definition) is 1. The normalized spacial score (nSPS) is 30.1. The van der Waals surface area contributed by atoms with Gasteiger partial charge in [-0.25, -0.2) is 0 Å². The number of benzene rings is 1. The Kier molecular flexibility index (Phi) is 8.23. The third-order valence-electron chi connectivity index (χ3n) is 6.59. The first-order valence-corrected chi connectivity index (χ1v) is 10.4. The summed E-state index contributed by atoms with van der Waals surface area (Å²) in [5.74, 6) is 3.49. The van der Waals surface area contributed by atoms with E-state index in [0.717, 1.165) is 30.4 Å². The van der Waals surface area contributed by atoms with Crippen LogP contribution in [0.3, 0.4) is 0 Å². The van der Waals surface area contributed by atoms with Crippen LogP contribution < -0.4 is 62.9 Å². The molecule has 0 saturated heterocycles. The van der Waals surface area contributed by atoms with Crippen molar-refractivity contribution in [2.75, 3.05) is 0 Å². The van der Waals surface area contributed by atoms with E-state index in [0.29, 0.717) is 22.1 Å². The molecule has 3 aliphatic rings. The molecule has 1 aromatic rings. The summed E-state index contributed by atoms with van der Waals surface area (Å²) in [7, 11) is 0. The molecule has 1 heterocycles. The summed E-state index contributed by atoms with van der Waals surface area (Å²) < 4.78 is 6.34. The van der Waals surface area contributed by atoms with Gasteiger partial charge in [0.05, 0.1) is 5.02 Å². The number of ether oxygens (including phenoxy) is 1. The minimum Gasteiger partial charge on any atom is -0.488 e. The third-order valence-corrected chi connectivity index (χ3v) is 7.38. The van der Waals surface area contributed by atoms with Gasteiger partial charge in [-0.1, -0.05) is 42.1 Å². The molecule has 1 atom stereocenters. The Hall–Kier alpha value is 1.41. The Morgan fingerprint density at radius 2 is 1.48 bits per heavy atom. The van der Waals surface area contributed by atoms with Gasteiger partial charge in [-0.3, -0.25) is 0 Å². The van der Waals surface area contributed by atoms with E-state index in [4.69, 9.17) is 27.9 Å². The zero-order valence-corrected chi connectivity index (χ0v) is 21.7. The first-order valence-electron chi connectivity index (χ1n) is 9.67. The van der Waals surface area contributed by atoms with E-state index in [2.05, 4.69) is 12.5 Å². The van der Waals surface area contributed by atoms with Gasteiger partial charge < -0.3 is 11.2 Å². The van der Waals surface area contributed by atoms with Gasteiger partial charge in [0.2, 0.25) is 0 Å². The molecule has 2 aliphatic carbocycles. The molecule has 4 heteroatoms. The maximum absolute atomic E-state index is 6.38. The van der Waals surface area contributed by atoms with Crippen molar-refractivity contribution in [2.24, 2.45) is 17.8 Å². The molecular weight excluding hydrogens is 425 g/mol. The molecule has 0 amide bonds. The standard InChI is InChI=1S/C21H27Cl2O.Rb/c22-18-12-10-17-11-13-19(24-21(17)20(18)23)16-8-6-15(7-9-16)14-4-2-1-3-5-14;/h1,10,12,14-16,19H,2-9,11,13H2;/q-1;+1. The molecule has 1 unspecified atom stereocenters. The molecule has 132 valence electrons. The van der Waals surface area contributed by atoms with E-state index in [9.17, 15) is 0 Å². The van der Waals surface area contributed by atoms with E-state index in [1.807, 2.05) is 6.07 Å². The van der Waals surface area contributed by atoms with Crippen molar-refractivity contribution in [3.63, 3.8) is 0 Å². The van der Waals surface area contributed by atoms with E-state index >= 15 is 0 Å². The molecule has 4 rings (SSSR count).